The van der Waals surface area contributed by atoms with Crippen LogP contribution in [0.5, 0.6) is 5.75 Å². The standard InChI is InChI=1S/C17H26FNO2/c1-4-9-19-11-13-5-6-16(15(18)10-13)20-12-14-7-8-17(2,3)21-14/h5-6,10,14,19H,4,7-9,11-12H2,1-3H3. The average Bonchev–Trinajstić information content (AvgIpc) is 2.78. The summed E-state index contributed by atoms with van der Waals surface area (Å²) in [7, 11) is 0. The van der Waals surface area contributed by atoms with E-state index in [2.05, 4.69) is 26.1 Å². The van der Waals surface area contributed by atoms with E-state index >= 15 is 0 Å². The van der Waals surface area contributed by atoms with Gasteiger partial charge in [-0.05, 0) is 57.4 Å². The van der Waals surface area contributed by atoms with Gasteiger partial charge in [0, 0.05) is 6.54 Å². The van der Waals surface area contributed by atoms with Gasteiger partial charge in [0.05, 0.1) is 11.7 Å². The molecule has 0 bridgehead atoms. The van der Waals surface area contributed by atoms with E-state index in [-0.39, 0.29) is 17.5 Å². The summed E-state index contributed by atoms with van der Waals surface area (Å²) in [6.07, 6.45) is 3.12. The van der Waals surface area contributed by atoms with Crippen molar-refractivity contribution in [2.24, 2.45) is 0 Å². The Labute approximate surface area is 126 Å². The zero-order valence-electron chi connectivity index (χ0n) is 13.2. The van der Waals surface area contributed by atoms with Crippen molar-refractivity contribution in [3.8, 4) is 5.75 Å². The molecule has 0 radical (unpaired) electrons. The smallest absolute Gasteiger partial charge is 0.165 e. The molecule has 3 nitrogen and oxygen atoms in total. The molecule has 118 valence electrons. The Morgan fingerprint density at radius 2 is 2.24 bits per heavy atom. The summed E-state index contributed by atoms with van der Waals surface area (Å²) in [4.78, 5) is 0. The lowest BCUT2D eigenvalue weighted by molar-refractivity contribution is -0.0330. The van der Waals surface area contributed by atoms with E-state index in [1.54, 1.807) is 6.07 Å². The van der Waals surface area contributed by atoms with Crippen LogP contribution in [-0.4, -0.2) is 24.9 Å². The van der Waals surface area contributed by atoms with E-state index in [4.69, 9.17) is 9.47 Å². The van der Waals surface area contributed by atoms with Crippen molar-refractivity contribution in [3.63, 3.8) is 0 Å². The summed E-state index contributed by atoms with van der Waals surface area (Å²) >= 11 is 0. The van der Waals surface area contributed by atoms with E-state index in [1.807, 2.05) is 6.07 Å². The third-order valence-electron chi connectivity index (χ3n) is 3.73. The summed E-state index contributed by atoms with van der Waals surface area (Å²) in [5, 5.41) is 3.26. The Balaban J connectivity index is 1.83. The highest BCUT2D eigenvalue weighted by Gasteiger charge is 2.32. The first-order valence-corrected chi connectivity index (χ1v) is 7.80. The van der Waals surface area contributed by atoms with Crippen LogP contribution in [0, 0.1) is 5.82 Å². The minimum atomic E-state index is -0.303. The molecular weight excluding hydrogens is 269 g/mol. The molecule has 1 fully saturated rings. The van der Waals surface area contributed by atoms with Crippen molar-refractivity contribution in [2.75, 3.05) is 13.2 Å². The maximum Gasteiger partial charge on any atom is 0.165 e. The van der Waals surface area contributed by atoms with Crippen LogP contribution in [0.15, 0.2) is 18.2 Å². The highest BCUT2D eigenvalue weighted by molar-refractivity contribution is 5.29. The second kappa shape index (κ2) is 7.23. The van der Waals surface area contributed by atoms with Crippen LogP contribution in [0.4, 0.5) is 4.39 Å². The number of ether oxygens (including phenoxy) is 2. The van der Waals surface area contributed by atoms with Gasteiger partial charge in [0.25, 0.3) is 0 Å². The summed E-state index contributed by atoms with van der Waals surface area (Å²) in [5.74, 6) is 0.00519. The summed E-state index contributed by atoms with van der Waals surface area (Å²) in [6.45, 7) is 8.29. The highest BCUT2D eigenvalue weighted by Crippen LogP contribution is 2.30. The maximum absolute atomic E-state index is 14.0. The van der Waals surface area contributed by atoms with Crippen molar-refractivity contribution in [1.82, 2.24) is 5.32 Å². The zero-order valence-corrected chi connectivity index (χ0v) is 13.2. The van der Waals surface area contributed by atoms with Gasteiger partial charge in [0.1, 0.15) is 6.61 Å². The lowest BCUT2D eigenvalue weighted by Crippen LogP contribution is -2.24. The molecule has 1 aliphatic rings. The van der Waals surface area contributed by atoms with Gasteiger partial charge in [-0.3, -0.25) is 0 Å². The molecule has 1 N–H and O–H groups in total. The molecule has 1 aromatic carbocycles. The lowest BCUT2D eigenvalue weighted by atomic mass is 10.1. The topological polar surface area (TPSA) is 30.5 Å². The first kappa shape index (κ1) is 16.2. The molecule has 0 spiro atoms. The number of halogens is 1. The van der Waals surface area contributed by atoms with E-state index in [0.29, 0.717) is 18.9 Å². The molecule has 0 aromatic heterocycles. The number of rotatable bonds is 7. The SMILES string of the molecule is CCCNCc1ccc(OCC2CCC(C)(C)O2)c(F)c1. The lowest BCUT2D eigenvalue weighted by Gasteiger charge is -2.19. The van der Waals surface area contributed by atoms with Crippen LogP contribution in [0.25, 0.3) is 0 Å². The molecule has 1 saturated heterocycles. The average molecular weight is 295 g/mol. The zero-order chi connectivity index (χ0) is 15.3. The summed E-state index contributed by atoms with van der Waals surface area (Å²) in [6, 6.07) is 5.15. The molecule has 1 atom stereocenters. The quantitative estimate of drug-likeness (QED) is 0.779. The Morgan fingerprint density at radius 3 is 2.86 bits per heavy atom. The van der Waals surface area contributed by atoms with E-state index in [0.717, 1.165) is 31.4 Å². The Hall–Kier alpha value is -1.13. The third-order valence-corrected chi connectivity index (χ3v) is 3.73. The Kier molecular flexibility index (Phi) is 5.59. The number of hydrogen-bond acceptors (Lipinski definition) is 3. The molecule has 4 heteroatoms. The van der Waals surface area contributed by atoms with Gasteiger partial charge >= 0.3 is 0 Å². The molecule has 1 unspecified atom stereocenters. The van der Waals surface area contributed by atoms with E-state index in [1.165, 1.54) is 6.07 Å². The predicted molar refractivity (Wildman–Crippen MR) is 82.1 cm³/mol. The van der Waals surface area contributed by atoms with Crippen LogP contribution in [-0.2, 0) is 11.3 Å². The number of hydrogen-bond donors (Lipinski definition) is 1. The normalized spacial score (nSPS) is 20.7. The fourth-order valence-corrected chi connectivity index (χ4v) is 2.56. The summed E-state index contributed by atoms with van der Waals surface area (Å²) in [5.41, 5.74) is 0.855. The van der Waals surface area contributed by atoms with Gasteiger partial charge < -0.3 is 14.8 Å². The van der Waals surface area contributed by atoms with Crippen molar-refractivity contribution in [3.05, 3.63) is 29.6 Å². The van der Waals surface area contributed by atoms with Crippen LogP contribution in [0.1, 0.15) is 45.6 Å². The van der Waals surface area contributed by atoms with E-state index in [9.17, 15) is 4.39 Å². The van der Waals surface area contributed by atoms with Gasteiger partial charge in [-0.15, -0.1) is 0 Å². The predicted octanol–water partition coefficient (Wildman–Crippen LogP) is 3.66. The largest absolute Gasteiger partial charge is 0.488 e. The van der Waals surface area contributed by atoms with Crippen molar-refractivity contribution in [2.45, 2.75) is 58.3 Å². The molecule has 0 amide bonds. The fraction of sp³-hybridized carbons (Fsp3) is 0.647. The van der Waals surface area contributed by atoms with Crippen LogP contribution in [0.2, 0.25) is 0 Å². The van der Waals surface area contributed by atoms with Crippen LogP contribution < -0.4 is 10.1 Å². The summed E-state index contributed by atoms with van der Waals surface area (Å²) < 4.78 is 25.4. The molecule has 21 heavy (non-hydrogen) atoms. The minimum Gasteiger partial charge on any atom is -0.488 e. The van der Waals surface area contributed by atoms with Gasteiger partial charge in [-0.2, -0.15) is 0 Å². The number of benzene rings is 1. The maximum atomic E-state index is 14.0. The molecule has 1 heterocycles. The van der Waals surface area contributed by atoms with Gasteiger partial charge in [0.15, 0.2) is 11.6 Å². The van der Waals surface area contributed by atoms with Gasteiger partial charge in [0.2, 0.25) is 0 Å². The van der Waals surface area contributed by atoms with Crippen molar-refractivity contribution in [1.29, 1.82) is 0 Å². The molecule has 0 saturated carbocycles. The second-order valence-corrected chi connectivity index (χ2v) is 6.29. The molecular formula is C17H26FNO2. The Bertz CT molecular complexity index is 462. The second-order valence-electron chi connectivity index (χ2n) is 6.29. The molecule has 1 aliphatic heterocycles. The molecule has 1 aromatic rings. The Morgan fingerprint density at radius 1 is 1.43 bits per heavy atom. The van der Waals surface area contributed by atoms with Gasteiger partial charge in [-0.25, -0.2) is 4.39 Å². The first-order chi connectivity index (χ1) is 10.00. The third kappa shape index (κ3) is 4.97. The monoisotopic (exact) mass is 295 g/mol. The van der Waals surface area contributed by atoms with Crippen LogP contribution >= 0.6 is 0 Å². The first-order valence-electron chi connectivity index (χ1n) is 7.80. The van der Waals surface area contributed by atoms with Crippen molar-refractivity contribution >= 4 is 0 Å². The van der Waals surface area contributed by atoms with E-state index < -0.39 is 0 Å². The molecule has 0 aliphatic carbocycles. The number of nitrogens with one attached hydrogen (secondary N) is 1. The minimum absolute atomic E-state index is 0.0605. The van der Waals surface area contributed by atoms with Crippen LogP contribution in [0.3, 0.4) is 0 Å². The fourth-order valence-electron chi connectivity index (χ4n) is 2.56. The van der Waals surface area contributed by atoms with Crippen molar-refractivity contribution < 1.29 is 13.9 Å². The van der Waals surface area contributed by atoms with Gasteiger partial charge in [-0.1, -0.05) is 13.0 Å². The molecule has 2 rings (SSSR count). The highest BCUT2D eigenvalue weighted by atomic mass is 19.1.